The van der Waals surface area contributed by atoms with Crippen molar-refractivity contribution in [2.45, 2.75) is 46.6 Å². The second-order valence-electron chi connectivity index (χ2n) is 8.93. The van der Waals surface area contributed by atoms with E-state index in [-0.39, 0.29) is 12.1 Å². The molecular formula is C22H9ClF18O6S2. The van der Waals surface area contributed by atoms with Crippen molar-refractivity contribution >= 4 is 43.4 Å². The van der Waals surface area contributed by atoms with E-state index in [1.165, 1.54) is 0 Å². The van der Waals surface area contributed by atoms with Crippen LogP contribution in [0.1, 0.15) is 11.1 Å². The topological polar surface area (TPSA) is 86.7 Å². The molecule has 0 atom stereocenters. The summed E-state index contributed by atoms with van der Waals surface area (Å²) < 4.78 is 299. The van der Waals surface area contributed by atoms with Crippen molar-refractivity contribution < 1.29 is 104 Å². The van der Waals surface area contributed by atoms with Crippen molar-refractivity contribution in [1.82, 2.24) is 0 Å². The lowest BCUT2D eigenvalue weighted by molar-refractivity contribution is -0.382. The Morgan fingerprint density at radius 3 is 1.02 bits per heavy atom. The summed E-state index contributed by atoms with van der Waals surface area (Å²) in [6.45, 7) is 0. The third kappa shape index (κ3) is 6.90. The van der Waals surface area contributed by atoms with Crippen molar-refractivity contribution in [1.29, 1.82) is 0 Å². The summed E-state index contributed by atoms with van der Waals surface area (Å²) in [6, 6.07) is 4.24. The number of alkyl halides is 18. The molecule has 0 saturated carbocycles. The fourth-order valence-corrected chi connectivity index (χ4v) is 4.99. The lowest BCUT2D eigenvalue weighted by Crippen LogP contribution is -2.63. The third-order valence-corrected chi connectivity index (χ3v) is 8.39. The second kappa shape index (κ2) is 12.5. The smallest absolute Gasteiger partial charge is 0.373 e. The molecule has 0 spiro atoms. The minimum absolute atomic E-state index is 0.233. The van der Waals surface area contributed by atoms with Crippen LogP contribution in [-0.2, 0) is 28.6 Å². The van der Waals surface area contributed by atoms with Crippen LogP contribution in [0.5, 0.6) is 0 Å². The van der Waals surface area contributed by atoms with Gasteiger partial charge in [0.15, 0.2) is 11.5 Å². The van der Waals surface area contributed by atoms with Crippen LogP contribution in [0.2, 0.25) is 5.02 Å². The van der Waals surface area contributed by atoms with Crippen molar-refractivity contribution in [2.75, 3.05) is 0 Å². The van der Waals surface area contributed by atoms with Gasteiger partial charge in [-0.25, -0.2) is 0 Å². The maximum absolute atomic E-state index is 14.5. The lowest BCUT2D eigenvalue weighted by atomic mass is 10.1. The SMILES string of the molecule is O=S(=O)(O/C(=C(/OS(=O)(=O)C(F)(F)C(F)(F)C(F)(F)C(F)(F)F)c1ccc(Cl)cc1)c1ccccc1)C(F)(F)C(F)(F)C(F)(F)C(F)(F)F. The van der Waals surface area contributed by atoms with Gasteiger partial charge >= 0.3 is 66.8 Å². The molecule has 278 valence electrons. The highest BCUT2D eigenvalue weighted by Gasteiger charge is 2.87. The summed E-state index contributed by atoms with van der Waals surface area (Å²) in [5.41, 5.74) is -2.87. The quantitative estimate of drug-likeness (QED) is 0.0924. The molecule has 6 nitrogen and oxygen atoms in total. The Morgan fingerprint density at radius 1 is 0.449 bits per heavy atom. The van der Waals surface area contributed by atoms with E-state index in [4.69, 9.17) is 11.6 Å². The van der Waals surface area contributed by atoms with Gasteiger partial charge in [-0.3, -0.25) is 0 Å². The summed E-state index contributed by atoms with van der Waals surface area (Å²) in [4.78, 5) is 0. The van der Waals surface area contributed by atoms with Crippen LogP contribution in [0, 0.1) is 0 Å². The van der Waals surface area contributed by atoms with E-state index in [0.29, 0.717) is 36.4 Å². The Labute approximate surface area is 265 Å². The van der Waals surface area contributed by atoms with Crippen LogP contribution in [-0.4, -0.2) is 63.4 Å². The Kier molecular flexibility index (Phi) is 10.7. The van der Waals surface area contributed by atoms with Gasteiger partial charge in [0.1, 0.15) is 0 Å². The molecule has 0 N–H and O–H groups in total. The van der Waals surface area contributed by atoms with E-state index < -0.39 is 94.5 Å². The van der Waals surface area contributed by atoms with E-state index in [0.717, 1.165) is 6.07 Å². The molecular weight excluding hydrogens is 802 g/mol. The summed E-state index contributed by atoms with van der Waals surface area (Å²) >= 11 is 5.51. The Morgan fingerprint density at radius 2 is 0.735 bits per heavy atom. The first kappa shape index (κ1) is 41.9. The molecule has 0 heterocycles. The maximum atomic E-state index is 14.5. The summed E-state index contributed by atoms with van der Waals surface area (Å²) in [7, 11) is -16.3. The van der Waals surface area contributed by atoms with E-state index in [9.17, 15) is 95.9 Å². The van der Waals surface area contributed by atoms with E-state index in [1.807, 2.05) is 0 Å². The normalized spacial score (nSPS) is 15.5. The van der Waals surface area contributed by atoms with Gasteiger partial charge in [-0.05, 0) is 24.3 Å². The number of rotatable bonds is 12. The Balaban J connectivity index is 3.04. The molecule has 49 heavy (non-hydrogen) atoms. The van der Waals surface area contributed by atoms with Crippen molar-refractivity contribution in [3.05, 3.63) is 70.7 Å². The minimum atomic E-state index is -8.17. The molecule has 2 aromatic rings. The van der Waals surface area contributed by atoms with Gasteiger partial charge in [-0.2, -0.15) is 95.9 Å². The van der Waals surface area contributed by atoms with Gasteiger partial charge in [-0.1, -0.05) is 41.9 Å². The zero-order valence-corrected chi connectivity index (χ0v) is 24.5. The highest BCUT2D eigenvalue weighted by Crippen LogP contribution is 2.57. The molecule has 0 saturated heterocycles. The molecule has 0 amide bonds. The highest BCUT2D eigenvalue weighted by molar-refractivity contribution is 7.88. The van der Waals surface area contributed by atoms with Crippen LogP contribution < -0.4 is 0 Å². The van der Waals surface area contributed by atoms with Crippen LogP contribution in [0.25, 0.3) is 11.5 Å². The predicted octanol–water partition coefficient (Wildman–Crippen LogP) is 8.71. The van der Waals surface area contributed by atoms with Gasteiger partial charge in [0.2, 0.25) is 0 Å². The zero-order chi connectivity index (χ0) is 38.7. The molecule has 0 radical (unpaired) electrons. The molecule has 0 aliphatic rings. The van der Waals surface area contributed by atoms with Crippen LogP contribution in [0.15, 0.2) is 54.6 Å². The molecule has 0 unspecified atom stereocenters. The zero-order valence-electron chi connectivity index (χ0n) is 22.1. The summed E-state index contributed by atoms with van der Waals surface area (Å²) in [5.74, 6) is -37.1. The van der Waals surface area contributed by atoms with Crippen molar-refractivity contribution in [2.24, 2.45) is 0 Å². The minimum Gasteiger partial charge on any atom is -0.373 e. The molecule has 0 aliphatic carbocycles. The van der Waals surface area contributed by atoms with Gasteiger partial charge < -0.3 is 8.37 Å². The lowest BCUT2D eigenvalue weighted by Gasteiger charge is -2.33. The number of benzene rings is 2. The fourth-order valence-electron chi connectivity index (χ4n) is 2.98. The molecule has 0 aliphatic heterocycles. The standard InChI is InChI=1S/C22H9ClF18O6S2/c23-12-8-6-11(7-9-12)14(47-49(44,45)22(40,41)18(30,31)16(26,27)20(35,36)37)13(10-4-2-1-3-5-10)46-48(42,43)21(38,39)17(28,29)15(24,25)19(32,33)34/h1-9H/b14-13+. The summed E-state index contributed by atoms with van der Waals surface area (Å²) in [6.07, 6.45) is -15.3. The van der Waals surface area contributed by atoms with Crippen LogP contribution in [0.3, 0.4) is 0 Å². The average molecular weight is 811 g/mol. The van der Waals surface area contributed by atoms with E-state index in [1.54, 1.807) is 0 Å². The van der Waals surface area contributed by atoms with Gasteiger partial charge in [0.25, 0.3) is 0 Å². The van der Waals surface area contributed by atoms with Gasteiger partial charge in [0, 0.05) is 16.1 Å². The first-order valence-electron chi connectivity index (χ1n) is 11.4. The molecule has 27 heteroatoms. The number of halogens is 19. The molecule has 2 rings (SSSR count). The largest absolute Gasteiger partial charge is 0.460 e. The molecule has 0 aromatic heterocycles. The first-order valence-corrected chi connectivity index (χ1v) is 14.6. The van der Waals surface area contributed by atoms with Gasteiger partial charge in [0.05, 0.1) is 0 Å². The molecule has 2 aromatic carbocycles. The van der Waals surface area contributed by atoms with Crippen LogP contribution >= 0.6 is 11.6 Å². The summed E-state index contributed by atoms with van der Waals surface area (Å²) in [5, 5.41) is -16.0. The monoisotopic (exact) mass is 810 g/mol. The highest BCUT2D eigenvalue weighted by atomic mass is 35.5. The third-order valence-electron chi connectivity index (χ3n) is 5.59. The Bertz CT molecular complexity index is 1770. The van der Waals surface area contributed by atoms with E-state index >= 15 is 0 Å². The average Bonchev–Trinajstić information content (AvgIpc) is 2.94. The number of hydrogen-bond donors (Lipinski definition) is 0. The van der Waals surface area contributed by atoms with Crippen molar-refractivity contribution in [3.8, 4) is 0 Å². The van der Waals surface area contributed by atoms with Gasteiger partial charge in [-0.15, -0.1) is 0 Å². The second-order valence-corrected chi connectivity index (χ2v) is 12.5. The number of hydrogen-bond acceptors (Lipinski definition) is 6. The molecule has 0 fully saturated rings. The fraction of sp³-hybridized carbons (Fsp3) is 0.364. The first-order chi connectivity index (χ1) is 21.6. The predicted molar refractivity (Wildman–Crippen MR) is 127 cm³/mol. The van der Waals surface area contributed by atoms with Crippen LogP contribution in [0.4, 0.5) is 79.0 Å². The van der Waals surface area contributed by atoms with E-state index in [2.05, 4.69) is 8.37 Å². The Hall–Kier alpha value is -3.29. The molecule has 0 bridgehead atoms. The maximum Gasteiger partial charge on any atom is 0.460 e. The van der Waals surface area contributed by atoms with Crippen molar-refractivity contribution in [3.63, 3.8) is 0 Å².